The molecule has 6 heteroatoms. The van der Waals surface area contributed by atoms with E-state index in [9.17, 15) is 0 Å². The molecule has 0 N–H and O–H groups in total. The summed E-state index contributed by atoms with van der Waals surface area (Å²) in [6.45, 7) is 0. The molecule has 0 aliphatic rings. The number of rotatable bonds is 4. The third kappa shape index (κ3) is 4.91. The lowest BCUT2D eigenvalue weighted by Crippen LogP contribution is -2.55. The molecular weight excluding hydrogens is 695 g/mol. The van der Waals surface area contributed by atoms with Crippen molar-refractivity contribution in [2.24, 2.45) is 0 Å². The minimum atomic E-state index is 0.891. The van der Waals surface area contributed by atoms with Crippen LogP contribution in [0.15, 0.2) is 168 Å². The van der Waals surface area contributed by atoms with Crippen LogP contribution in [0.3, 0.4) is 0 Å². The summed E-state index contributed by atoms with van der Waals surface area (Å²) < 4.78 is 6.88. The zero-order valence-electron chi connectivity index (χ0n) is 33.5. The Labute approximate surface area is 342 Å². The minimum absolute atomic E-state index is 0.891. The molecule has 0 radical (unpaired) electrons. The zero-order chi connectivity index (χ0) is 39.2. The molecule has 11 aromatic rings. The lowest BCUT2D eigenvalue weighted by atomic mass is 9.59. The lowest BCUT2D eigenvalue weighted by molar-refractivity contribution is 0.669. The molecule has 10 aromatic carbocycles. The molecule has 266 valence electrons. The molecule has 0 fully saturated rings. The number of hydrogen-bond donors (Lipinski definition) is 0. The maximum absolute atomic E-state index is 6.88. The van der Waals surface area contributed by atoms with Gasteiger partial charge in [0.2, 0.25) is 0 Å². The molecule has 1 nitrogen and oxygen atoms in total. The normalized spacial score (nSPS) is 11.8. The number of fused-ring (bicyclic) bond motifs is 7. The smallest absolute Gasteiger partial charge is 0.139 e. The van der Waals surface area contributed by atoms with E-state index < -0.39 is 0 Å². The van der Waals surface area contributed by atoms with Gasteiger partial charge in [-0.05, 0) is 99.7 Å². The summed E-state index contributed by atoms with van der Waals surface area (Å²) in [6.07, 6.45) is 0. The summed E-state index contributed by atoms with van der Waals surface area (Å²) in [6, 6.07) is 60.0. The monoisotopic (exact) mass is 732 g/mol. The topological polar surface area (TPSA) is 13.1 Å². The van der Waals surface area contributed by atoms with E-state index in [2.05, 4.69) is 203 Å². The lowest BCUT2D eigenvalue weighted by Gasteiger charge is -2.24. The van der Waals surface area contributed by atoms with Gasteiger partial charge in [0.05, 0.1) is 0 Å². The first-order valence-electron chi connectivity index (χ1n) is 20.4. The van der Waals surface area contributed by atoms with Crippen LogP contribution in [0.5, 0.6) is 0 Å². The van der Waals surface area contributed by atoms with Crippen molar-refractivity contribution in [3.05, 3.63) is 164 Å². The average molecular weight is 732 g/mol. The van der Waals surface area contributed by atoms with Crippen molar-refractivity contribution in [1.82, 2.24) is 0 Å². The Morgan fingerprint density at radius 1 is 0.259 bits per heavy atom. The molecule has 0 saturated carbocycles. The molecule has 0 aliphatic heterocycles. The molecule has 0 bridgehead atoms. The molecule has 0 spiro atoms. The molecule has 0 amide bonds. The first kappa shape index (κ1) is 34.6. The molecule has 0 unspecified atom stereocenters. The maximum Gasteiger partial charge on any atom is 0.139 e. The van der Waals surface area contributed by atoms with E-state index in [4.69, 9.17) is 4.42 Å². The van der Waals surface area contributed by atoms with Crippen LogP contribution in [0, 0.1) is 0 Å². The second-order valence-electron chi connectivity index (χ2n) is 16.0. The molecular formula is C52H37B5O. The van der Waals surface area contributed by atoms with E-state index in [1.807, 2.05) is 0 Å². The van der Waals surface area contributed by atoms with Crippen molar-refractivity contribution in [3.8, 4) is 44.5 Å². The quantitative estimate of drug-likeness (QED) is 0.156. The average Bonchev–Trinajstić information content (AvgIpc) is 3.67. The Morgan fingerprint density at radius 2 is 0.586 bits per heavy atom. The van der Waals surface area contributed by atoms with E-state index in [-0.39, 0.29) is 0 Å². The second-order valence-corrected chi connectivity index (χ2v) is 16.0. The van der Waals surface area contributed by atoms with Crippen LogP contribution in [-0.2, 0) is 0 Å². The highest BCUT2D eigenvalue weighted by molar-refractivity contribution is 6.69. The van der Waals surface area contributed by atoms with Gasteiger partial charge in [0.25, 0.3) is 0 Å². The fraction of sp³-hybridized carbons (Fsp3) is 0. The number of furan rings is 1. The molecule has 1 heterocycles. The van der Waals surface area contributed by atoms with Gasteiger partial charge in [0, 0.05) is 10.8 Å². The van der Waals surface area contributed by atoms with Gasteiger partial charge in [-0.3, -0.25) is 0 Å². The van der Waals surface area contributed by atoms with Crippen LogP contribution < -0.4 is 27.3 Å². The van der Waals surface area contributed by atoms with Gasteiger partial charge in [-0.15, -0.1) is 16.4 Å². The van der Waals surface area contributed by atoms with Crippen LogP contribution in [0.1, 0.15) is 0 Å². The van der Waals surface area contributed by atoms with Crippen LogP contribution in [0.25, 0.3) is 110 Å². The molecule has 0 saturated heterocycles. The molecule has 0 aliphatic carbocycles. The van der Waals surface area contributed by atoms with Gasteiger partial charge >= 0.3 is 0 Å². The van der Waals surface area contributed by atoms with Crippen LogP contribution in [0.4, 0.5) is 0 Å². The Kier molecular flexibility index (Phi) is 7.88. The van der Waals surface area contributed by atoms with Gasteiger partial charge < -0.3 is 4.42 Å². The molecule has 58 heavy (non-hydrogen) atoms. The highest BCUT2D eigenvalue weighted by Gasteiger charge is 2.25. The van der Waals surface area contributed by atoms with Crippen molar-refractivity contribution in [2.75, 3.05) is 0 Å². The van der Waals surface area contributed by atoms with Gasteiger partial charge in [-0.1, -0.05) is 163 Å². The largest absolute Gasteiger partial charge is 0.456 e. The zero-order valence-corrected chi connectivity index (χ0v) is 33.5. The molecule has 11 rings (SSSR count). The van der Waals surface area contributed by atoms with Gasteiger partial charge in [-0.25, -0.2) is 0 Å². The predicted molar refractivity (Wildman–Crippen MR) is 266 cm³/mol. The SMILES string of the molecule is Bc1c(B)c(B)c(-c2c3ccccc3c(-c3cccc4oc5cccc(-c6c7ccccc7c(-c7ccccc7)c7ccccc67)c5c34)c3ccccc23)c(B)c1B. The van der Waals surface area contributed by atoms with Gasteiger partial charge in [-0.2, -0.15) is 0 Å². The fourth-order valence-electron chi connectivity index (χ4n) is 10.2. The molecule has 1 aromatic heterocycles. The molecule has 0 atom stereocenters. The van der Waals surface area contributed by atoms with Crippen LogP contribution >= 0.6 is 0 Å². The van der Waals surface area contributed by atoms with E-state index in [1.54, 1.807) is 0 Å². The Balaban J connectivity index is 1.29. The van der Waals surface area contributed by atoms with Crippen LogP contribution in [0.2, 0.25) is 0 Å². The first-order chi connectivity index (χ1) is 28.4. The van der Waals surface area contributed by atoms with Crippen LogP contribution in [-0.4, -0.2) is 39.2 Å². The minimum Gasteiger partial charge on any atom is -0.456 e. The first-order valence-corrected chi connectivity index (χ1v) is 20.4. The standard InChI is InChI=1S/C52H37B5O/c53-48-47(49(54)51(56)52(57)50(48)55)44-35-22-10-8-20-33(35)43(34-21-9-11-23-36(34)44)38-25-13-27-40-46(38)45-37(24-12-26-39(45)58-40)42-31-18-6-4-16-29(31)41(28-14-2-1-3-15-28)30-17-5-7-19-32(30)42/h1-27H,53-57H2. The number of benzene rings is 10. The third-order valence-corrected chi connectivity index (χ3v) is 13.2. The summed E-state index contributed by atoms with van der Waals surface area (Å²) in [7, 11) is 11.4. The highest BCUT2D eigenvalue weighted by atomic mass is 16.3. The van der Waals surface area contributed by atoms with E-state index in [0.29, 0.717) is 0 Å². The third-order valence-electron chi connectivity index (χ3n) is 13.2. The Morgan fingerprint density at radius 3 is 0.983 bits per heavy atom. The summed E-state index contributed by atoms with van der Waals surface area (Å²) in [5.74, 6) is 0. The van der Waals surface area contributed by atoms with Crippen molar-refractivity contribution in [3.63, 3.8) is 0 Å². The van der Waals surface area contributed by atoms with E-state index in [0.717, 1.165) is 21.9 Å². The summed E-state index contributed by atoms with van der Waals surface area (Å²) >= 11 is 0. The summed E-state index contributed by atoms with van der Waals surface area (Å²) in [4.78, 5) is 0. The summed E-state index contributed by atoms with van der Waals surface area (Å²) in [5.41, 5.74) is 18.6. The van der Waals surface area contributed by atoms with Gasteiger partial charge in [0.15, 0.2) is 0 Å². The van der Waals surface area contributed by atoms with Crippen molar-refractivity contribution in [1.29, 1.82) is 0 Å². The predicted octanol–water partition coefficient (Wildman–Crippen LogP) is 6.16. The van der Waals surface area contributed by atoms with Gasteiger partial charge in [0.1, 0.15) is 50.4 Å². The second kappa shape index (κ2) is 13.2. The fourth-order valence-corrected chi connectivity index (χ4v) is 10.2. The van der Waals surface area contributed by atoms with Crippen molar-refractivity contribution < 1.29 is 4.42 Å². The van der Waals surface area contributed by atoms with Crippen molar-refractivity contribution in [2.45, 2.75) is 0 Å². The maximum atomic E-state index is 6.88. The van der Waals surface area contributed by atoms with E-state index in [1.165, 1.54) is 115 Å². The van der Waals surface area contributed by atoms with Crippen molar-refractivity contribution >= 4 is 132 Å². The highest BCUT2D eigenvalue weighted by Crippen LogP contribution is 2.50. The Bertz CT molecular complexity index is 3370. The Hall–Kier alpha value is -6.64. The van der Waals surface area contributed by atoms with E-state index >= 15 is 0 Å². The summed E-state index contributed by atoms with van der Waals surface area (Å²) in [5, 5.41) is 12.3. The number of hydrogen-bond acceptors (Lipinski definition) is 1.